The van der Waals surface area contributed by atoms with Crippen LogP contribution >= 0.6 is 0 Å². The van der Waals surface area contributed by atoms with Gasteiger partial charge in [0.15, 0.2) is 0 Å². The number of benzene rings is 1. The van der Waals surface area contributed by atoms with Gasteiger partial charge in [0.1, 0.15) is 5.75 Å². The monoisotopic (exact) mass is 342 g/mol. The van der Waals surface area contributed by atoms with Gasteiger partial charge in [-0.05, 0) is 44.4 Å². The third kappa shape index (κ3) is 4.71. The number of aromatic nitrogens is 2. The van der Waals surface area contributed by atoms with Crippen molar-refractivity contribution in [2.45, 2.75) is 65.7 Å². The molecule has 136 valence electrons. The normalized spacial score (nSPS) is 10.9. The molecule has 1 aromatic carbocycles. The lowest BCUT2D eigenvalue weighted by Crippen LogP contribution is -2.16. The number of methoxy groups -OCH3 is 1. The molecule has 4 nitrogen and oxygen atoms in total. The van der Waals surface area contributed by atoms with Crippen molar-refractivity contribution < 1.29 is 9.53 Å². The molecule has 0 aliphatic rings. The van der Waals surface area contributed by atoms with Crippen LogP contribution in [0.5, 0.6) is 5.75 Å². The average Bonchev–Trinajstić information content (AvgIpc) is 2.91. The SMILES string of the molecule is CCCCCCCCc1c(C)nn(C(=O)c2ccccc2OC)c1C. The lowest BCUT2D eigenvalue weighted by atomic mass is 10.0. The minimum atomic E-state index is -0.132. The molecule has 0 aliphatic heterocycles. The van der Waals surface area contributed by atoms with Crippen LogP contribution in [0.25, 0.3) is 0 Å². The summed E-state index contributed by atoms with van der Waals surface area (Å²) in [4.78, 5) is 12.9. The molecule has 25 heavy (non-hydrogen) atoms. The molecule has 0 bridgehead atoms. The number of hydrogen-bond acceptors (Lipinski definition) is 3. The standard InChI is InChI=1S/C21H30N2O2/c1-5-6-7-8-9-10-13-18-16(2)22-23(17(18)3)21(24)19-14-11-12-15-20(19)25-4/h11-12,14-15H,5-10,13H2,1-4H3. The highest BCUT2D eigenvalue weighted by Crippen LogP contribution is 2.22. The summed E-state index contributed by atoms with van der Waals surface area (Å²) in [5.74, 6) is 0.449. The number of carbonyl (C=O) groups excluding carboxylic acids is 1. The van der Waals surface area contributed by atoms with Gasteiger partial charge in [-0.3, -0.25) is 4.79 Å². The highest BCUT2D eigenvalue weighted by molar-refractivity contribution is 5.98. The second kappa shape index (κ2) is 9.40. The molecule has 0 saturated heterocycles. The predicted molar refractivity (Wildman–Crippen MR) is 102 cm³/mol. The fourth-order valence-electron chi connectivity index (χ4n) is 3.25. The van der Waals surface area contributed by atoms with Gasteiger partial charge in [-0.15, -0.1) is 0 Å². The molecule has 2 rings (SSSR count). The van der Waals surface area contributed by atoms with E-state index in [1.165, 1.54) is 42.3 Å². The Hall–Kier alpha value is -2.10. The third-order valence-electron chi connectivity index (χ3n) is 4.75. The second-order valence-electron chi connectivity index (χ2n) is 6.58. The van der Waals surface area contributed by atoms with Crippen LogP contribution in [0.15, 0.2) is 24.3 Å². The van der Waals surface area contributed by atoms with Gasteiger partial charge in [0.2, 0.25) is 0 Å². The summed E-state index contributed by atoms with van der Waals surface area (Å²) in [5.41, 5.74) is 3.65. The Kier molecular flexibility index (Phi) is 7.23. The van der Waals surface area contributed by atoms with Crippen molar-refractivity contribution in [2.75, 3.05) is 7.11 Å². The summed E-state index contributed by atoms with van der Waals surface area (Å²) >= 11 is 0. The summed E-state index contributed by atoms with van der Waals surface area (Å²) < 4.78 is 6.84. The van der Waals surface area contributed by atoms with Crippen molar-refractivity contribution >= 4 is 5.91 Å². The van der Waals surface area contributed by atoms with Crippen LogP contribution in [0.2, 0.25) is 0 Å². The average molecular weight is 342 g/mol. The van der Waals surface area contributed by atoms with Crippen molar-refractivity contribution in [1.82, 2.24) is 9.78 Å². The number of ether oxygens (including phenoxy) is 1. The van der Waals surface area contributed by atoms with Crippen molar-refractivity contribution in [3.05, 3.63) is 46.8 Å². The van der Waals surface area contributed by atoms with Gasteiger partial charge in [-0.2, -0.15) is 5.10 Å². The molecule has 0 spiro atoms. The van der Waals surface area contributed by atoms with Gasteiger partial charge in [0, 0.05) is 5.69 Å². The first kappa shape index (κ1) is 19.2. The number of nitrogens with zero attached hydrogens (tertiary/aromatic N) is 2. The molecule has 0 radical (unpaired) electrons. The molecule has 0 amide bonds. The van der Waals surface area contributed by atoms with E-state index in [4.69, 9.17) is 4.74 Å². The van der Waals surface area contributed by atoms with Crippen molar-refractivity contribution in [2.24, 2.45) is 0 Å². The summed E-state index contributed by atoms with van der Waals surface area (Å²) in [5, 5.41) is 4.50. The Labute approximate surface area is 151 Å². The first-order valence-corrected chi connectivity index (χ1v) is 9.33. The van der Waals surface area contributed by atoms with Crippen LogP contribution in [0.1, 0.15) is 72.8 Å². The minimum absolute atomic E-state index is 0.132. The molecule has 0 aliphatic carbocycles. The van der Waals surface area contributed by atoms with Gasteiger partial charge < -0.3 is 4.74 Å². The second-order valence-corrected chi connectivity index (χ2v) is 6.58. The first-order valence-electron chi connectivity index (χ1n) is 9.33. The van der Waals surface area contributed by atoms with Crippen molar-refractivity contribution in [1.29, 1.82) is 0 Å². The number of rotatable bonds is 9. The van der Waals surface area contributed by atoms with Crippen molar-refractivity contribution in [3.63, 3.8) is 0 Å². The molecule has 2 aromatic rings. The fourth-order valence-corrected chi connectivity index (χ4v) is 3.25. The smallest absolute Gasteiger partial charge is 0.282 e. The molecule has 0 unspecified atom stereocenters. The topological polar surface area (TPSA) is 44.1 Å². The van der Waals surface area contributed by atoms with Crippen LogP contribution < -0.4 is 4.74 Å². The number of aryl methyl sites for hydroxylation is 1. The maximum atomic E-state index is 12.9. The molecule has 1 heterocycles. The zero-order chi connectivity index (χ0) is 18.2. The maximum absolute atomic E-state index is 12.9. The number of para-hydroxylation sites is 1. The van der Waals surface area contributed by atoms with E-state index in [1.54, 1.807) is 19.2 Å². The van der Waals surface area contributed by atoms with E-state index < -0.39 is 0 Å². The van der Waals surface area contributed by atoms with Crippen LogP contribution in [0.4, 0.5) is 0 Å². The minimum Gasteiger partial charge on any atom is -0.496 e. The van der Waals surface area contributed by atoms with E-state index in [2.05, 4.69) is 12.0 Å². The highest BCUT2D eigenvalue weighted by atomic mass is 16.5. The fraction of sp³-hybridized carbons (Fsp3) is 0.524. The zero-order valence-corrected chi connectivity index (χ0v) is 16.0. The Morgan fingerprint density at radius 2 is 1.76 bits per heavy atom. The number of unbranched alkanes of at least 4 members (excludes halogenated alkanes) is 5. The number of carbonyl (C=O) groups is 1. The largest absolute Gasteiger partial charge is 0.496 e. The van der Waals surface area contributed by atoms with E-state index in [1.807, 2.05) is 26.0 Å². The van der Waals surface area contributed by atoms with E-state index in [-0.39, 0.29) is 5.91 Å². The van der Waals surface area contributed by atoms with Gasteiger partial charge in [0.25, 0.3) is 5.91 Å². The summed E-state index contributed by atoms with van der Waals surface area (Å²) in [6.07, 6.45) is 8.59. The summed E-state index contributed by atoms with van der Waals surface area (Å²) in [6.45, 7) is 6.21. The van der Waals surface area contributed by atoms with Gasteiger partial charge in [0.05, 0.1) is 18.4 Å². The van der Waals surface area contributed by atoms with Gasteiger partial charge >= 0.3 is 0 Å². The van der Waals surface area contributed by atoms with Crippen molar-refractivity contribution in [3.8, 4) is 5.75 Å². The third-order valence-corrected chi connectivity index (χ3v) is 4.75. The lowest BCUT2D eigenvalue weighted by molar-refractivity contribution is 0.0939. The molecular weight excluding hydrogens is 312 g/mol. The molecular formula is C21H30N2O2. The number of hydrogen-bond donors (Lipinski definition) is 0. The Morgan fingerprint density at radius 1 is 1.08 bits per heavy atom. The van der Waals surface area contributed by atoms with E-state index in [9.17, 15) is 4.79 Å². The van der Waals surface area contributed by atoms with Gasteiger partial charge in [-0.1, -0.05) is 51.2 Å². The quantitative estimate of drug-likeness (QED) is 0.596. The predicted octanol–water partition coefficient (Wildman–Crippen LogP) is 5.10. The molecule has 4 heteroatoms. The first-order chi connectivity index (χ1) is 12.1. The van der Waals surface area contributed by atoms with Gasteiger partial charge in [-0.25, -0.2) is 4.68 Å². The van der Waals surface area contributed by atoms with Crippen LogP contribution in [-0.2, 0) is 6.42 Å². The summed E-state index contributed by atoms with van der Waals surface area (Å²) in [7, 11) is 1.58. The van der Waals surface area contributed by atoms with E-state index in [0.29, 0.717) is 11.3 Å². The van der Waals surface area contributed by atoms with E-state index in [0.717, 1.165) is 24.2 Å². The van der Waals surface area contributed by atoms with Crippen LogP contribution in [0.3, 0.4) is 0 Å². The van der Waals surface area contributed by atoms with Crippen LogP contribution in [-0.4, -0.2) is 22.8 Å². The highest BCUT2D eigenvalue weighted by Gasteiger charge is 2.20. The molecule has 0 saturated carbocycles. The lowest BCUT2D eigenvalue weighted by Gasteiger charge is -2.08. The maximum Gasteiger partial charge on any atom is 0.282 e. The summed E-state index contributed by atoms with van der Waals surface area (Å²) in [6, 6.07) is 7.29. The van der Waals surface area contributed by atoms with E-state index >= 15 is 0 Å². The molecule has 0 fully saturated rings. The molecule has 1 aromatic heterocycles. The molecule has 0 N–H and O–H groups in total. The Morgan fingerprint density at radius 3 is 2.48 bits per heavy atom. The van der Waals surface area contributed by atoms with Crippen LogP contribution in [0, 0.1) is 13.8 Å². The Bertz CT molecular complexity index is 704. The zero-order valence-electron chi connectivity index (χ0n) is 16.0. The Balaban J connectivity index is 2.09. The molecule has 0 atom stereocenters.